The SMILES string of the molecule is CC(C)OC(=O)COPC(C)C. The van der Waals surface area contributed by atoms with Gasteiger partial charge in [-0.25, -0.2) is 4.79 Å². The summed E-state index contributed by atoms with van der Waals surface area (Å²) in [5.41, 5.74) is 0.483. The summed E-state index contributed by atoms with van der Waals surface area (Å²) < 4.78 is 9.98. The summed E-state index contributed by atoms with van der Waals surface area (Å²) >= 11 is 0. The first-order valence-corrected chi connectivity index (χ1v) is 5.07. The lowest BCUT2D eigenvalue weighted by Crippen LogP contribution is -2.15. The van der Waals surface area contributed by atoms with E-state index in [4.69, 9.17) is 9.26 Å². The van der Waals surface area contributed by atoms with Crippen LogP contribution in [0.15, 0.2) is 0 Å². The molecule has 1 atom stereocenters. The first kappa shape index (κ1) is 11.9. The van der Waals surface area contributed by atoms with Gasteiger partial charge in [-0.3, -0.25) is 0 Å². The summed E-state index contributed by atoms with van der Waals surface area (Å²) in [6.45, 7) is 7.82. The lowest BCUT2D eigenvalue weighted by Gasteiger charge is -2.08. The normalized spacial score (nSPS) is 11.8. The fraction of sp³-hybridized carbons (Fsp3) is 0.875. The highest BCUT2D eigenvalue weighted by Gasteiger charge is 2.05. The van der Waals surface area contributed by atoms with Crippen LogP contribution in [0.25, 0.3) is 0 Å². The smallest absolute Gasteiger partial charge is 0.332 e. The van der Waals surface area contributed by atoms with E-state index in [9.17, 15) is 4.79 Å². The molecule has 0 aromatic rings. The largest absolute Gasteiger partial charge is 0.461 e. The Morgan fingerprint density at radius 2 is 1.92 bits per heavy atom. The van der Waals surface area contributed by atoms with Crippen molar-refractivity contribution in [1.82, 2.24) is 0 Å². The zero-order chi connectivity index (χ0) is 9.56. The van der Waals surface area contributed by atoms with Gasteiger partial charge in [0.25, 0.3) is 0 Å². The van der Waals surface area contributed by atoms with Gasteiger partial charge < -0.3 is 9.26 Å². The molecule has 0 fully saturated rings. The lowest BCUT2D eigenvalue weighted by atomic mass is 10.5. The summed E-state index contributed by atoms with van der Waals surface area (Å²) in [6.07, 6.45) is -0.0523. The maximum atomic E-state index is 10.9. The van der Waals surface area contributed by atoms with Crippen LogP contribution in [0.2, 0.25) is 0 Å². The summed E-state index contributed by atoms with van der Waals surface area (Å²) in [6, 6.07) is 0. The van der Waals surface area contributed by atoms with E-state index in [1.54, 1.807) is 0 Å². The highest BCUT2D eigenvalue weighted by atomic mass is 31.1. The van der Waals surface area contributed by atoms with Gasteiger partial charge in [-0.15, -0.1) is 0 Å². The number of carbonyl (C=O) groups excluding carboxylic acids is 1. The second-order valence-electron chi connectivity index (χ2n) is 3.10. The molecule has 0 aliphatic carbocycles. The van der Waals surface area contributed by atoms with Crippen molar-refractivity contribution in [2.45, 2.75) is 39.5 Å². The van der Waals surface area contributed by atoms with Crippen molar-refractivity contribution >= 4 is 14.8 Å². The van der Waals surface area contributed by atoms with Crippen molar-refractivity contribution in [2.75, 3.05) is 6.61 Å². The lowest BCUT2D eigenvalue weighted by molar-refractivity contribution is -0.149. The summed E-state index contributed by atoms with van der Waals surface area (Å²) in [5.74, 6) is -0.279. The average molecular weight is 192 g/mol. The standard InChI is InChI=1S/C8H17O3P/c1-6(2)11-8(9)5-10-12-7(3)4/h6-7,12H,5H2,1-4H3. The fourth-order valence-corrected chi connectivity index (χ4v) is 1.10. The molecule has 0 spiro atoms. The second kappa shape index (κ2) is 6.38. The van der Waals surface area contributed by atoms with Crippen LogP contribution in [0.1, 0.15) is 27.7 Å². The van der Waals surface area contributed by atoms with Crippen LogP contribution in [0.3, 0.4) is 0 Å². The molecule has 12 heavy (non-hydrogen) atoms. The molecule has 72 valence electrons. The van der Waals surface area contributed by atoms with E-state index in [0.717, 1.165) is 0 Å². The second-order valence-corrected chi connectivity index (χ2v) is 4.78. The molecule has 0 aromatic heterocycles. The van der Waals surface area contributed by atoms with Gasteiger partial charge in [0.2, 0.25) is 0 Å². The monoisotopic (exact) mass is 192 g/mol. The zero-order valence-corrected chi connectivity index (χ0v) is 9.09. The molecule has 0 heterocycles. The molecule has 0 N–H and O–H groups in total. The number of rotatable bonds is 5. The van der Waals surface area contributed by atoms with Gasteiger partial charge >= 0.3 is 5.97 Å². The van der Waals surface area contributed by atoms with Crippen molar-refractivity contribution < 1.29 is 14.1 Å². The number of carbonyl (C=O) groups is 1. The minimum atomic E-state index is -0.279. The van der Waals surface area contributed by atoms with Gasteiger partial charge in [0.1, 0.15) is 6.61 Å². The third-order valence-electron chi connectivity index (χ3n) is 0.876. The summed E-state index contributed by atoms with van der Waals surface area (Å²) in [4.78, 5) is 10.9. The minimum absolute atomic E-state index is 0.0523. The summed E-state index contributed by atoms with van der Waals surface area (Å²) in [5, 5.41) is 0. The van der Waals surface area contributed by atoms with Crippen LogP contribution >= 0.6 is 8.81 Å². The Hall–Kier alpha value is -0.140. The molecule has 3 nitrogen and oxygen atoms in total. The molecule has 0 radical (unpaired) electrons. The molecule has 1 unspecified atom stereocenters. The molecule has 0 aliphatic rings. The molecule has 0 aliphatic heterocycles. The molecule has 4 heteroatoms. The third-order valence-corrected chi connectivity index (χ3v) is 1.66. The van der Waals surface area contributed by atoms with E-state index in [0.29, 0.717) is 14.5 Å². The molecule has 0 saturated carbocycles. The quantitative estimate of drug-likeness (QED) is 0.493. The molecule has 0 bridgehead atoms. The van der Waals surface area contributed by atoms with Crippen molar-refractivity contribution in [3.05, 3.63) is 0 Å². The van der Waals surface area contributed by atoms with E-state index in [1.165, 1.54) is 0 Å². The molecular formula is C8H17O3P. The topological polar surface area (TPSA) is 35.5 Å². The van der Waals surface area contributed by atoms with Crippen LogP contribution in [0.4, 0.5) is 0 Å². The Labute approximate surface area is 75.7 Å². The first-order valence-electron chi connectivity index (χ1n) is 4.09. The Bertz CT molecular complexity index is 134. The van der Waals surface area contributed by atoms with Gasteiger partial charge in [-0.05, 0) is 19.5 Å². The van der Waals surface area contributed by atoms with Crippen molar-refractivity contribution in [3.8, 4) is 0 Å². The van der Waals surface area contributed by atoms with Gasteiger partial charge in [-0.2, -0.15) is 0 Å². The highest BCUT2D eigenvalue weighted by molar-refractivity contribution is 7.33. The van der Waals surface area contributed by atoms with E-state index in [1.807, 2.05) is 27.7 Å². The predicted molar refractivity (Wildman–Crippen MR) is 50.6 cm³/mol. The van der Waals surface area contributed by atoms with E-state index >= 15 is 0 Å². The van der Waals surface area contributed by atoms with Crippen LogP contribution in [0, 0.1) is 0 Å². The van der Waals surface area contributed by atoms with Crippen LogP contribution in [-0.2, 0) is 14.1 Å². The Morgan fingerprint density at radius 1 is 1.33 bits per heavy atom. The van der Waals surface area contributed by atoms with Crippen LogP contribution in [-0.4, -0.2) is 24.3 Å². The first-order chi connectivity index (χ1) is 5.52. The van der Waals surface area contributed by atoms with Gasteiger partial charge in [0.05, 0.1) is 6.10 Å². The average Bonchev–Trinajstić information content (AvgIpc) is 1.84. The van der Waals surface area contributed by atoms with Crippen molar-refractivity contribution in [3.63, 3.8) is 0 Å². The van der Waals surface area contributed by atoms with Crippen LogP contribution < -0.4 is 0 Å². The van der Waals surface area contributed by atoms with E-state index < -0.39 is 0 Å². The molecular weight excluding hydrogens is 175 g/mol. The number of hydrogen-bond donors (Lipinski definition) is 0. The van der Waals surface area contributed by atoms with E-state index in [2.05, 4.69) is 0 Å². The Morgan fingerprint density at radius 3 is 2.33 bits per heavy atom. The number of ether oxygens (including phenoxy) is 1. The van der Waals surface area contributed by atoms with Crippen molar-refractivity contribution in [1.29, 1.82) is 0 Å². The van der Waals surface area contributed by atoms with Gasteiger partial charge in [-0.1, -0.05) is 13.8 Å². The Kier molecular flexibility index (Phi) is 6.31. The van der Waals surface area contributed by atoms with Crippen molar-refractivity contribution in [2.24, 2.45) is 0 Å². The maximum absolute atomic E-state index is 10.9. The molecule has 0 rings (SSSR count). The molecule has 0 saturated heterocycles. The van der Waals surface area contributed by atoms with Gasteiger partial charge in [0.15, 0.2) is 0 Å². The zero-order valence-electron chi connectivity index (χ0n) is 8.09. The summed E-state index contributed by atoms with van der Waals surface area (Å²) in [7, 11) is 0.377. The predicted octanol–water partition coefficient (Wildman–Crippen LogP) is 1.96. The Balaban J connectivity index is 3.32. The fourth-order valence-electron chi connectivity index (χ4n) is 0.564. The molecule has 0 aromatic carbocycles. The number of esters is 1. The van der Waals surface area contributed by atoms with Gasteiger partial charge in [0, 0.05) is 8.81 Å². The minimum Gasteiger partial charge on any atom is -0.461 e. The van der Waals surface area contributed by atoms with E-state index in [-0.39, 0.29) is 18.7 Å². The molecule has 0 amide bonds. The number of hydrogen-bond acceptors (Lipinski definition) is 3. The maximum Gasteiger partial charge on any atom is 0.332 e. The highest BCUT2D eigenvalue weighted by Crippen LogP contribution is 2.18. The third kappa shape index (κ3) is 7.96. The van der Waals surface area contributed by atoms with Crippen LogP contribution in [0.5, 0.6) is 0 Å².